The molecule has 5 heteroatoms. The summed E-state index contributed by atoms with van der Waals surface area (Å²) in [5.74, 6) is 0.865. The number of allylic oxidation sites excluding steroid dienone is 1. The van der Waals surface area contributed by atoms with Gasteiger partial charge in [-0.05, 0) is 42.5 Å². The van der Waals surface area contributed by atoms with E-state index in [1.165, 1.54) is 5.69 Å². The molecule has 130 valence electrons. The second-order valence-corrected chi connectivity index (χ2v) is 6.22. The number of para-hydroxylation sites is 1. The monoisotopic (exact) mass is 355 g/mol. The third-order valence-corrected chi connectivity index (χ3v) is 4.43. The molecule has 1 aliphatic heterocycles. The zero-order valence-corrected chi connectivity index (χ0v) is 15.1. The Hall–Kier alpha value is -2.46. The summed E-state index contributed by atoms with van der Waals surface area (Å²) in [6.45, 7) is 3.72. The molecular weight excluding hydrogens is 334 g/mol. The Bertz CT molecular complexity index is 735. The van der Waals surface area contributed by atoms with Gasteiger partial charge in [0.05, 0.1) is 20.2 Å². The fourth-order valence-electron chi connectivity index (χ4n) is 2.81. The van der Waals surface area contributed by atoms with Crippen LogP contribution in [0.5, 0.6) is 5.75 Å². The van der Waals surface area contributed by atoms with E-state index in [-0.39, 0.29) is 0 Å². The van der Waals surface area contributed by atoms with Gasteiger partial charge in [0, 0.05) is 35.6 Å². The predicted molar refractivity (Wildman–Crippen MR) is 106 cm³/mol. The largest absolute Gasteiger partial charge is 0.496 e. The Morgan fingerprint density at radius 2 is 1.72 bits per heavy atom. The molecule has 1 heterocycles. The molecule has 2 aromatic rings. The van der Waals surface area contributed by atoms with Gasteiger partial charge in [0.25, 0.3) is 0 Å². The third kappa shape index (κ3) is 4.77. The fourth-order valence-corrected chi connectivity index (χ4v) is 2.93. The Morgan fingerprint density at radius 1 is 1.00 bits per heavy atom. The number of hydrazone groups is 1. The second-order valence-electron chi connectivity index (χ2n) is 5.78. The first-order valence-corrected chi connectivity index (χ1v) is 8.73. The highest BCUT2D eigenvalue weighted by atomic mass is 35.5. The highest BCUT2D eigenvalue weighted by molar-refractivity contribution is 6.30. The Labute approximate surface area is 154 Å². The number of piperazine rings is 1. The number of anilines is 1. The summed E-state index contributed by atoms with van der Waals surface area (Å²) in [6, 6.07) is 15.9. The van der Waals surface area contributed by atoms with Crippen LogP contribution in [0.15, 0.2) is 59.7 Å². The third-order valence-electron chi connectivity index (χ3n) is 4.18. The van der Waals surface area contributed by atoms with Crippen molar-refractivity contribution in [2.75, 3.05) is 38.2 Å². The van der Waals surface area contributed by atoms with Gasteiger partial charge in [0.1, 0.15) is 5.75 Å². The van der Waals surface area contributed by atoms with E-state index in [0.717, 1.165) is 42.5 Å². The number of ether oxygens (including phenoxy) is 1. The summed E-state index contributed by atoms with van der Waals surface area (Å²) < 4.78 is 5.33. The van der Waals surface area contributed by atoms with Crippen LogP contribution in [-0.4, -0.2) is 44.5 Å². The lowest BCUT2D eigenvalue weighted by molar-refractivity contribution is 0.272. The van der Waals surface area contributed by atoms with Gasteiger partial charge < -0.3 is 9.64 Å². The highest BCUT2D eigenvalue weighted by Gasteiger charge is 2.15. The maximum absolute atomic E-state index is 5.95. The summed E-state index contributed by atoms with van der Waals surface area (Å²) in [6.07, 6.45) is 5.79. The SMILES string of the molecule is COc1ccccc1/C=C/C=NN1CCN(c2ccc(Cl)cc2)CC1. The molecule has 0 saturated carbocycles. The fraction of sp³-hybridized carbons (Fsp3) is 0.250. The van der Waals surface area contributed by atoms with E-state index >= 15 is 0 Å². The van der Waals surface area contributed by atoms with E-state index in [9.17, 15) is 0 Å². The molecule has 1 saturated heterocycles. The summed E-state index contributed by atoms with van der Waals surface area (Å²) in [4.78, 5) is 2.35. The first-order valence-electron chi connectivity index (χ1n) is 8.35. The van der Waals surface area contributed by atoms with Crippen LogP contribution in [0.3, 0.4) is 0 Å². The molecule has 1 aliphatic rings. The molecule has 0 bridgehead atoms. The quantitative estimate of drug-likeness (QED) is 0.753. The molecule has 25 heavy (non-hydrogen) atoms. The summed E-state index contributed by atoms with van der Waals surface area (Å²) in [7, 11) is 1.68. The van der Waals surface area contributed by atoms with Gasteiger partial charge in [-0.25, -0.2) is 0 Å². The Morgan fingerprint density at radius 3 is 2.44 bits per heavy atom. The van der Waals surface area contributed by atoms with Crippen molar-refractivity contribution in [2.45, 2.75) is 0 Å². The van der Waals surface area contributed by atoms with Crippen molar-refractivity contribution < 1.29 is 4.74 Å². The minimum atomic E-state index is 0.772. The molecule has 2 aromatic carbocycles. The first-order chi connectivity index (χ1) is 12.3. The standard InChI is InChI=1S/C20H22ClN3O/c1-25-20-7-3-2-5-17(20)6-4-12-22-24-15-13-23(14-16-24)19-10-8-18(21)9-11-19/h2-12H,13-16H2,1H3/b6-4+,22-12?. The van der Waals surface area contributed by atoms with Crippen molar-refractivity contribution in [3.8, 4) is 5.75 Å². The number of rotatable bonds is 5. The van der Waals surface area contributed by atoms with E-state index in [2.05, 4.69) is 27.1 Å². The van der Waals surface area contributed by atoms with Crippen molar-refractivity contribution in [1.82, 2.24) is 5.01 Å². The van der Waals surface area contributed by atoms with Crippen LogP contribution in [0.25, 0.3) is 6.08 Å². The molecule has 4 nitrogen and oxygen atoms in total. The van der Waals surface area contributed by atoms with E-state index < -0.39 is 0 Å². The average Bonchev–Trinajstić information content (AvgIpc) is 2.67. The van der Waals surface area contributed by atoms with Crippen LogP contribution >= 0.6 is 11.6 Å². The van der Waals surface area contributed by atoms with Crippen molar-refractivity contribution in [2.24, 2.45) is 5.10 Å². The molecule has 0 aliphatic carbocycles. The normalized spacial score (nSPS) is 15.3. The van der Waals surface area contributed by atoms with Crippen molar-refractivity contribution >= 4 is 29.6 Å². The van der Waals surface area contributed by atoms with E-state index in [1.54, 1.807) is 7.11 Å². The predicted octanol–water partition coefficient (Wildman–Crippen LogP) is 4.17. The van der Waals surface area contributed by atoms with Gasteiger partial charge in [0.15, 0.2) is 0 Å². The molecule has 0 N–H and O–H groups in total. The number of nitrogens with zero attached hydrogens (tertiary/aromatic N) is 3. The molecule has 0 atom stereocenters. The van der Waals surface area contributed by atoms with Gasteiger partial charge in [-0.15, -0.1) is 0 Å². The Kier molecular flexibility index (Phi) is 5.96. The lowest BCUT2D eigenvalue weighted by Crippen LogP contribution is -2.44. The molecule has 0 radical (unpaired) electrons. The average molecular weight is 356 g/mol. The molecular formula is C20H22ClN3O. The van der Waals surface area contributed by atoms with Crippen LogP contribution < -0.4 is 9.64 Å². The summed E-state index contributed by atoms with van der Waals surface area (Å²) in [5, 5.41) is 7.40. The highest BCUT2D eigenvalue weighted by Crippen LogP contribution is 2.20. The van der Waals surface area contributed by atoms with Crippen LogP contribution in [0, 0.1) is 0 Å². The van der Waals surface area contributed by atoms with Crippen LogP contribution in [0.2, 0.25) is 5.02 Å². The van der Waals surface area contributed by atoms with Crippen LogP contribution in [-0.2, 0) is 0 Å². The first kappa shape index (κ1) is 17.4. The number of methoxy groups -OCH3 is 1. The minimum absolute atomic E-state index is 0.772. The zero-order valence-electron chi connectivity index (χ0n) is 14.3. The van der Waals surface area contributed by atoms with Gasteiger partial charge in [0.2, 0.25) is 0 Å². The van der Waals surface area contributed by atoms with E-state index in [0.29, 0.717) is 0 Å². The van der Waals surface area contributed by atoms with Gasteiger partial charge in [-0.1, -0.05) is 29.8 Å². The lowest BCUT2D eigenvalue weighted by atomic mass is 10.2. The van der Waals surface area contributed by atoms with Crippen molar-refractivity contribution in [3.63, 3.8) is 0 Å². The molecule has 3 rings (SSSR count). The lowest BCUT2D eigenvalue weighted by Gasteiger charge is -2.34. The van der Waals surface area contributed by atoms with Gasteiger partial charge in [-0.3, -0.25) is 5.01 Å². The number of hydrogen-bond donors (Lipinski definition) is 0. The molecule has 0 unspecified atom stereocenters. The van der Waals surface area contributed by atoms with E-state index in [1.807, 2.05) is 54.8 Å². The van der Waals surface area contributed by atoms with E-state index in [4.69, 9.17) is 16.3 Å². The van der Waals surface area contributed by atoms with Crippen molar-refractivity contribution in [1.29, 1.82) is 0 Å². The number of halogens is 1. The minimum Gasteiger partial charge on any atom is -0.496 e. The van der Waals surface area contributed by atoms with Crippen LogP contribution in [0.1, 0.15) is 5.56 Å². The number of hydrogen-bond acceptors (Lipinski definition) is 4. The molecule has 0 spiro atoms. The van der Waals surface area contributed by atoms with Crippen molar-refractivity contribution in [3.05, 3.63) is 65.2 Å². The number of benzene rings is 2. The molecule has 0 amide bonds. The smallest absolute Gasteiger partial charge is 0.126 e. The van der Waals surface area contributed by atoms with Crippen LogP contribution in [0.4, 0.5) is 5.69 Å². The maximum atomic E-state index is 5.95. The Balaban J connectivity index is 1.51. The summed E-state index contributed by atoms with van der Waals surface area (Å²) in [5.41, 5.74) is 2.26. The van der Waals surface area contributed by atoms with Gasteiger partial charge >= 0.3 is 0 Å². The zero-order chi connectivity index (χ0) is 17.5. The molecule has 0 aromatic heterocycles. The molecule has 1 fully saturated rings. The topological polar surface area (TPSA) is 28.1 Å². The maximum Gasteiger partial charge on any atom is 0.126 e. The summed E-state index contributed by atoms with van der Waals surface area (Å²) >= 11 is 5.95. The second kappa shape index (κ2) is 8.58. The van der Waals surface area contributed by atoms with Gasteiger partial charge in [-0.2, -0.15) is 5.10 Å².